The van der Waals surface area contributed by atoms with Crippen molar-refractivity contribution in [2.24, 2.45) is 0 Å². The second kappa shape index (κ2) is 12.9. The largest absolute Gasteiger partial charge is 2.00 e. The number of thioether (sulfide) groups is 1. The van der Waals surface area contributed by atoms with Crippen molar-refractivity contribution in [1.82, 2.24) is 19.3 Å². The van der Waals surface area contributed by atoms with Crippen LogP contribution >= 0.6 is 11.8 Å². The van der Waals surface area contributed by atoms with E-state index in [0.717, 1.165) is 56.7 Å². The van der Waals surface area contributed by atoms with Gasteiger partial charge in [0.1, 0.15) is 5.82 Å². The fraction of sp³-hybridized carbons (Fsp3) is 0.179. The van der Waals surface area contributed by atoms with Crippen molar-refractivity contribution in [3.8, 4) is 34.1 Å². The summed E-state index contributed by atoms with van der Waals surface area (Å²) in [5, 5.41) is 7.27. The number of fused-ring (bicyclic) bond motifs is 3. The number of pyridine rings is 1. The molecule has 3 aromatic heterocycles. The van der Waals surface area contributed by atoms with Crippen LogP contribution < -0.4 is 4.74 Å². The predicted octanol–water partition coefficient (Wildman–Crippen LogP) is 9.94. The maximum atomic E-state index is 6.43. The van der Waals surface area contributed by atoms with Crippen LogP contribution in [0.1, 0.15) is 35.0 Å². The van der Waals surface area contributed by atoms with Crippen LogP contribution in [-0.4, -0.2) is 25.6 Å². The molecule has 0 amide bonds. The van der Waals surface area contributed by atoms with Crippen LogP contribution in [0, 0.1) is 39.8 Å². The Morgan fingerprint density at radius 1 is 0.804 bits per heavy atom. The van der Waals surface area contributed by atoms with Gasteiger partial charge in [0.2, 0.25) is 0 Å². The minimum absolute atomic E-state index is 0. The van der Waals surface area contributed by atoms with Gasteiger partial charge in [-0.25, -0.2) is 4.98 Å². The van der Waals surface area contributed by atoms with E-state index in [1.165, 1.54) is 27.1 Å². The van der Waals surface area contributed by atoms with E-state index < -0.39 is 0 Å². The Balaban J connectivity index is 0.00000372. The van der Waals surface area contributed by atoms with Gasteiger partial charge < -0.3 is 9.30 Å². The molecule has 0 saturated heterocycles. The maximum Gasteiger partial charge on any atom is 2.00 e. The normalized spacial score (nSPS) is 11.3. The molecule has 0 bridgehead atoms. The third kappa shape index (κ3) is 5.58. The van der Waals surface area contributed by atoms with Crippen LogP contribution in [0.15, 0.2) is 90.0 Å². The molecule has 0 fully saturated rings. The average molecular weight is 713 g/mol. The SMILES string of the molecule is CCc1c(-c2c(C)cc(SC)cc2C)c(C)nn1-c1[c-]c(Oc2[c-]c3c(cc2)c2ccccc2n3-c2cc(C)ccn2)ccc1.[Pd+2]. The Kier molecular flexibility index (Phi) is 8.94. The molecule has 7 heteroatoms. The van der Waals surface area contributed by atoms with Crippen LogP contribution in [0.5, 0.6) is 11.5 Å². The number of ether oxygens (including phenoxy) is 1. The van der Waals surface area contributed by atoms with Gasteiger partial charge >= 0.3 is 20.4 Å². The second-order valence-corrected chi connectivity index (χ2v) is 12.3. The van der Waals surface area contributed by atoms with Gasteiger partial charge in [-0.1, -0.05) is 30.6 Å². The number of nitrogens with zero attached hydrogens (tertiary/aromatic N) is 4. The maximum absolute atomic E-state index is 6.43. The summed E-state index contributed by atoms with van der Waals surface area (Å²) in [6.45, 7) is 10.8. The molecule has 0 aliphatic heterocycles. The quantitative estimate of drug-likeness (QED) is 0.0938. The molecule has 46 heavy (non-hydrogen) atoms. The van der Waals surface area contributed by atoms with E-state index in [1.54, 1.807) is 11.8 Å². The van der Waals surface area contributed by atoms with Gasteiger partial charge in [-0.05, 0) is 104 Å². The third-order valence-electron chi connectivity index (χ3n) is 8.37. The average Bonchev–Trinajstić information content (AvgIpc) is 3.54. The van der Waals surface area contributed by atoms with E-state index in [9.17, 15) is 0 Å². The van der Waals surface area contributed by atoms with Crippen molar-refractivity contribution < 1.29 is 25.2 Å². The summed E-state index contributed by atoms with van der Waals surface area (Å²) >= 11 is 1.77. The van der Waals surface area contributed by atoms with Crippen molar-refractivity contribution >= 4 is 33.6 Å². The van der Waals surface area contributed by atoms with Crippen LogP contribution in [0.3, 0.4) is 0 Å². The van der Waals surface area contributed by atoms with Crippen LogP contribution in [0.2, 0.25) is 0 Å². The standard InChI is InChI=1S/C39H34N4OS.Pd/c1-7-34-39(38-25(3)20-31(45-6)21-26(38)4)27(5)41-43(34)28-11-10-12-29(22-28)44-30-15-16-33-32-13-8-9-14-35(32)42(36(33)23-30)37-19-24(2)17-18-40-37;/h8-21H,7H2,1-6H3;/q-2;+2. The number of aryl methyl sites for hydroxylation is 4. The molecular weight excluding hydrogens is 679 g/mol. The Hall–Kier alpha value is -4.15. The van der Waals surface area contributed by atoms with E-state index in [1.807, 2.05) is 41.2 Å². The first-order chi connectivity index (χ1) is 21.9. The van der Waals surface area contributed by atoms with E-state index in [4.69, 9.17) is 14.8 Å². The van der Waals surface area contributed by atoms with Crippen LogP contribution in [0.4, 0.5) is 0 Å². The number of hydrogen-bond donors (Lipinski definition) is 0. The molecule has 7 aromatic rings. The van der Waals surface area contributed by atoms with E-state index in [2.05, 4.69) is 106 Å². The zero-order valence-corrected chi connectivity index (χ0v) is 29.1. The van der Waals surface area contributed by atoms with Crippen molar-refractivity contribution in [3.63, 3.8) is 0 Å². The van der Waals surface area contributed by atoms with Gasteiger partial charge in [0.25, 0.3) is 0 Å². The molecule has 0 radical (unpaired) electrons. The molecule has 5 nitrogen and oxygen atoms in total. The number of para-hydroxylation sites is 1. The number of benzene rings is 4. The summed E-state index contributed by atoms with van der Waals surface area (Å²) in [5.41, 5.74) is 11.2. The molecule has 7 rings (SSSR count). The minimum Gasteiger partial charge on any atom is -0.509 e. The van der Waals surface area contributed by atoms with Crippen molar-refractivity contribution in [2.75, 3.05) is 6.26 Å². The number of rotatable bonds is 7. The molecule has 0 N–H and O–H groups in total. The fourth-order valence-electron chi connectivity index (χ4n) is 6.41. The van der Waals surface area contributed by atoms with Gasteiger partial charge in [0.05, 0.1) is 5.69 Å². The molecule has 0 aliphatic carbocycles. The minimum atomic E-state index is 0. The Bertz CT molecular complexity index is 2210. The molecule has 0 atom stereocenters. The Labute approximate surface area is 288 Å². The van der Waals surface area contributed by atoms with Crippen molar-refractivity contribution in [3.05, 3.63) is 125 Å². The van der Waals surface area contributed by atoms with Crippen LogP contribution in [0.25, 0.3) is 44.4 Å². The molecule has 0 unspecified atom stereocenters. The van der Waals surface area contributed by atoms with Gasteiger partial charge in [-0.15, -0.1) is 47.5 Å². The molecule has 3 heterocycles. The predicted molar refractivity (Wildman–Crippen MR) is 185 cm³/mol. The molecule has 232 valence electrons. The Morgan fingerprint density at radius 2 is 1.57 bits per heavy atom. The molecule has 0 aliphatic rings. The van der Waals surface area contributed by atoms with Crippen molar-refractivity contribution in [1.29, 1.82) is 0 Å². The summed E-state index contributed by atoms with van der Waals surface area (Å²) in [7, 11) is 0. The summed E-state index contributed by atoms with van der Waals surface area (Å²) < 4.78 is 10.6. The van der Waals surface area contributed by atoms with Crippen LogP contribution in [-0.2, 0) is 26.8 Å². The molecule has 4 aromatic carbocycles. The fourth-order valence-corrected chi connectivity index (χ4v) is 7.00. The smallest absolute Gasteiger partial charge is 0.509 e. The summed E-state index contributed by atoms with van der Waals surface area (Å²) in [4.78, 5) is 5.97. The first-order valence-corrected chi connectivity index (χ1v) is 16.4. The first kappa shape index (κ1) is 31.8. The molecular formula is C39H34N4OPdS. The number of hydrogen-bond acceptors (Lipinski definition) is 4. The summed E-state index contributed by atoms with van der Waals surface area (Å²) in [6.07, 6.45) is 4.80. The summed E-state index contributed by atoms with van der Waals surface area (Å²) in [5.74, 6) is 2.07. The number of aromatic nitrogens is 4. The van der Waals surface area contributed by atoms with E-state index >= 15 is 0 Å². The van der Waals surface area contributed by atoms with Crippen molar-refractivity contribution in [2.45, 2.75) is 45.9 Å². The molecule has 0 spiro atoms. The zero-order chi connectivity index (χ0) is 31.2. The third-order valence-corrected chi connectivity index (χ3v) is 9.08. The van der Waals surface area contributed by atoms with Gasteiger partial charge in [-0.3, -0.25) is 4.68 Å². The first-order valence-electron chi connectivity index (χ1n) is 15.2. The summed E-state index contributed by atoms with van der Waals surface area (Å²) in [6, 6.07) is 34.1. The molecule has 0 saturated carbocycles. The zero-order valence-electron chi connectivity index (χ0n) is 26.7. The van der Waals surface area contributed by atoms with Gasteiger partial charge in [0.15, 0.2) is 0 Å². The monoisotopic (exact) mass is 712 g/mol. The van der Waals surface area contributed by atoms with Gasteiger partial charge in [0, 0.05) is 39.4 Å². The van der Waals surface area contributed by atoms with E-state index in [0.29, 0.717) is 11.5 Å². The topological polar surface area (TPSA) is 44.9 Å². The Morgan fingerprint density at radius 3 is 2.30 bits per heavy atom. The van der Waals surface area contributed by atoms with Gasteiger partial charge in [-0.2, -0.15) is 17.2 Å². The second-order valence-electron chi connectivity index (χ2n) is 11.4. The van der Waals surface area contributed by atoms with E-state index in [-0.39, 0.29) is 20.4 Å².